The highest BCUT2D eigenvalue weighted by Crippen LogP contribution is 2.18. The maximum Gasteiger partial charge on any atom is 0.256 e. The molecule has 0 saturated carbocycles. The number of benzene rings is 1. The first-order valence-electron chi connectivity index (χ1n) is 7.45. The van der Waals surface area contributed by atoms with E-state index in [1.807, 2.05) is 31.2 Å². The van der Waals surface area contributed by atoms with Crippen LogP contribution >= 0.6 is 0 Å². The number of anilines is 1. The third-order valence-corrected chi connectivity index (χ3v) is 3.38. The summed E-state index contributed by atoms with van der Waals surface area (Å²) in [5, 5.41) is 2.84. The minimum atomic E-state index is -0.228. The van der Waals surface area contributed by atoms with Gasteiger partial charge in [0.2, 0.25) is 0 Å². The van der Waals surface area contributed by atoms with E-state index in [1.165, 1.54) is 6.20 Å². The molecule has 0 spiro atoms. The van der Waals surface area contributed by atoms with Crippen LogP contribution in [0.1, 0.15) is 36.2 Å². The molecule has 0 unspecified atom stereocenters. The Labute approximate surface area is 131 Å². The lowest BCUT2D eigenvalue weighted by Gasteiger charge is -2.09. The number of carbonyl (C=O) groups excluding carboxylic acids is 1. The molecule has 22 heavy (non-hydrogen) atoms. The van der Waals surface area contributed by atoms with Crippen LogP contribution in [0, 0.1) is 12.8 Å². The number of hydrogen-bond acceptors (Lipinski definition) is 4. The number of nitrogens with two attached hydrogens (primary N) is 1. The highest BCUT2D eigenvalue weighted by atomic mass is 16.1. The second kappa shape index (κ2) is 7.02. The van der Waals surface area contributed by atoms with Crippen molar-refractivity contribution in [2.45, 2.75) is 27.2 Å². The van der Waals surface area contributed by atoms with Gasteiger partial charge in [0.05, 0.1) is 5.56 Å². The lowest BCUT2D eigenvalue weighted by atomic mass is 10.1. The molecule has 0 bridgehead atoms. The van der Waals surface area contributed by atoms with Crippen molar-refractivity contribution in [2.24, 2.45) is 5.92 Å². The molecule has 5 nitrogen and oxygen atoms in total. The average molecular weight is 298 g/mol. The molecule has 1 amide bonds. The van der Waals surface area contributed by atoms with Gasteiger partial charge in [-0.2, -0.15) is 0 Å². The number of amides is 1. The molecule has 0 atom stereocenters. The average Bonchev–Trinajstić information content (AvgIpc) is 2.47. The van der Waals surface area contributed by atoms with Gasteiger partial charge in [0, 0.05) is 18.3 Å². The predicted octanol–water partition coefficient (Wildman–Crippen LogP) is 2.81. The Hall–Kier alpha value is -2.43. The van der Waals surface area contributed by atoms with Crippen LogP contribution in [0.3, 0.4) is 0 Å². The van der Waals surface area contributed by atoms with E-state index in [4.69, 9.17) is 5.73 Å². The van der Waals surface area contributed by atoms with E-state index in [0.717, 1.165) is 17.5 Å². The minimum Gasteiger partial charge on any atom is -0.383 e. The van der Waals surface area contributed by atoms with Crippen molar-refractivity contribution in [1.82, 2.24) is 15.3 Å². The van der Waals surface area contributed by atoms with Crippen molar-refractivity contribution in [3.05, 3.63) is 41.6 Å². The second-order valence-corrected chi connectivity index (χ2v) is 5.80. The van der Waals surface area contributed by atoms with Gasteiger partial charge in [0.15, 0.2) is 5.82 Å². The molecule has 1 heterocycles. The Kier molecular flexibility index (Phi) is 5.09. The van der Waals surface area contributed by atoms with Crippen molar-refractivity contribution < 1.29 is 4.79 Å². The molecule has 1 aromatic carbocycles. The van der Waals surface area contributed by atoms with Crippen LogP contribution in [0.5, 0.6) is 0 Å². The van der Waals surface area contributed by atoms with Gasteiger partial charge in [-0.3, -0.25) is 4.79 Å². The molecule has 116 valence electrons. The Balaban J connectivity index is 2.12. The fourth-order valence-electron chi connectivity index (χ4n) is 1.98. The van der Waals surface area contributed by atoms with Crippen LogP contribution in [0.25, 0.3) is 11.4 Å². The number of nitrogens with one attached hydrogen (secondary N) is 1. The Morgan fingerprint density at radius 1 is 1.27 bits per heavy atom. The summed E-state index contributed by atoms with van der Waals surface area (Å²) >= 11 is 0. The molecule has 0 saturated heterocycles. The van der Waals surface area contributed by atoms with E-state index in [-0.39, 0.29) is 11.7 Å². The second-order valence-electron chi connectivity index (χ2n) is 5.80. The molecule has 0 aliphatic heterocycles. The first kappa shape index (κ1) is 15.9. The molecule has 0 radical (unpaired) electrons. The maximum atomic E-state index is 12.1. The maximum absolute atomic E-state index is 12.1. The smallest absolute Gasteiger partial charge is 0.256 e. The molecular formula is C17H22N4O. The predicted molar refractivity (Wildman–Crippen MR) is 88.4 cm³/mol. The Bertz CT molecular complexity index is 650. The van der Waals surface area contributed by atoms with Gasteiger partial charge in [-0.05, 0) is 19.3 Å². The molecule has 2 rings (SSSR count). The van der Waals surface area contributed by atoms with E-state index in [9.17, 15) is 4.79 Å². The van der Waals surface area contributed by atoms with Crippen molar-refractivity contribution in [3.63, 3.8) is 0 Å². The summed E-state index contributed by atoms with van der Waals surface area (Å²) in [6.45, 7) is 6.86. The highest BCUT2D eigenvalue weighted by Gasteiger charge is 2.13. The number of nitrogens with zero attached hydrogens (tertiary/aromatic N) is 2. The molecular weight excluding hydrogens is 276 g/mol. The van der Waals surface area contributed by atoms with Gasteiger partial charge in [0.25, 0.3) is 5.91 Å². The van der Waals surface area contributed by atoms with Gasteiger partial charge >= 0.3 is 0 Å². The number of rotatable bonds is 5. The van der Waals surface area contributed by atoms with Gasteiger partial charge < -0.3 is 11.1 Å². The van der Waals surface area contributed by atoms with Gasteiger partial charge in [-0.25, -0.2) is 9.97 Å². The number of aromatic nitrogens is 2. The highest BCUT2D eigenvalue weighted by molar-refractivity contribution is 5.98. The van der Waals surface area contributed by atoms with Crippen LogP contribution in [0.4, 0.5) is 5.82 Å². The SMILES string of the molecule is Cc1ccc(-c2ncc(C(=O)NCCC(C)C)c(N)n2)cc1. The number of carbonyl (C=O) groups is 1. The number of hydrogen-bond donors (Lipinski definition) is 2. The summed E-state index contributed by atoms with van der Waals surface area (Å²) in [5.74, 6) is 1.04. The number of aryl methyl sites for hydroxylation is 1. The van der Waals surface area contributed by atoms with Gasteiger partial charge in [-0.15, -0.1) is 0 Å². The largest absolute Gasteiger partial charge is 0.383 e. The monoisotopic (exact) mass is 298 g/mol. The summed E-state index contributed by atoms with van der Waals surface area (Å²) in [4.78, 5) is 20.6. The zero-order valence-electron chi connectivity index (χ0n) is 13.3. The normalized spacial score (nSPS) is 10.7. The molecule has 3 N–H and O–H groups in total. The van der Waals surface area contributed by atoms with Gasteiger partial charge in [-0.1, -0.05) is 43.7 Å². The van der Waals surface area contributed by atoms with Crippen molar-refractivity contribution in [2.75, 3.05) is 12.3 Å². The van der Waals surface area contributed by atoms with Crippen LogP contribution in [-0.4, -0.2) is 22.4 Å². The molecule has 2 aromatic rings. The zero-order valence-corrected chi connectivity index (χ0v) is 13.3. The van der Waals surface area contributed by atoms with Crippen molar-refractivity contribution in [1.29, 1.82) is 0 Å². The van der Waals surface area contributed by atoms with Crippen LogP contribution in [0.2, 0.25) is 0 Å². The minimum absolute atomic E-state index is 0.202. The standard InChI is InChI=1S/C17H22N4O/c1-11(2)8-9-19-17(22)14-10-20-16(21-15(14)18)13-6-4-12(3)5-7-13/h4-7,10-11H,8-9H2,1-3H3,(H,19,22)(H2,18,20,21). The van der Waals surface area contributed by atoms with E-state index in [1.54, 1.807) is 0 Å². The zero-order chi connectivity index (χ0) is 16.1. The van der Waals surface area contributed by atoms with E-state index >= 15 is 0 Å². The third kappa shape index (κ3) is 4.04. The molecule has 1 aromatic heterocycles. The summed E-state index contributed by atoms with van der Waals surface area (Å²) in [6, 6.07) is 7.85. The van der Waals surface area contributed by atoms with E-state index in [0.29, 0.717) is 23.9 Å². The lowest BCUT2D eigenvalue weighted by molar-refractivity contribution is 0.0952. The van der Waals surface area contributed by atoms with E-state index < -0.39 is 0 Å². The molecule has 5 heteroatoms. The summed E-state index contributed by atoms with van der Waals surface area (Å²) in [7, 11) is 0. The summed E-state index contributed by atoms with van der Waals surface area (Å²) in [5.41, 5.74) is 8.27. The van der Waals surface area contributed by atoms with Crippen LogP contribution in [0.15, 0.2) is 30.5 Å². The van der Waals surface area contributed by atoms with Crippen molar-refractivity contribution >= 4 is 11.7 Å². The number of nitrogen functional groups attached to an aromatic ring is 1. The van der Waals surface area contributed by atoms with E-state index in [2.05, 4.69) is 29.1 Å². The lowest BCUT2D eigenvalue weighted by Crippen LogP contribution is -2.26. The Morgan fingerprint density at radius 3 is 2.55 bits per heavy atom. The third-order valence-electron chi connectivity index (χ3n) is 3.38. The van der Waals surface area contributed by atoms with Crippen LogP contribution in [-0.2, 0) is 0 Å². The fourth-order valence-corrected chi connectivity index (χ4v) is 1.98. The molecule has 0 aliphatic rings. The first-order valence-corrected chi connectivity index (χ1v) is 7.45. The van der Waals surface area contributed by atoms with Crippen LogP contribution < -0.4 is 11.1 Å². The molecule has 0 aliphatic carbocycles. The fraction of sp³-hybridized carbons (Fsp3) is 0.353. The van der Waals surface area contributed by atoms with Crippen molar-refractivity contribution in [3.8, 4) is 11.4 Å². The van der Waals surface area contributed by atoms with Gasteiger partial charge in [0.1, 0.15) is 5.82 Å². The summed E-state index contributed by atoms with van der Waals surface area (Å²) < 4.78 is 0. The first-order chi connectivity index (χ1) is 10.5. The molecule has 0 fully saturated rings. The Morgan fingerprint density at radius 2 is 1.95 bits per heavy atom. The summed E-state index contributed by atoms with van der Waals surface area (Å²) in [6.07, 6.45) is 2.41. The topological polar surface area (TPSA) is 80.9 Å². The quantitative estimate of drug-likeness (QED) is 0.889.